The van der Waals surface area contributed by atoms with Gasteiger partial charge < -0.3 is 4.90 Å². The molecule has 3 rings (SSSR count). The van der Waals surface area contributed by atoms with E-state index in [1.807, 2.05) is 36.4 Å². The van der Waals surface area contributed by atoms with E-state index < -0.39 is 17.6 Å². The van der Waals surface area contributed by atoms with E-state index in [-0.39, 0.29) is 0 Å². The minimum atomic E-state index is -4.55. The minimum Gasteiger partial charge on any atom is -0.338 e. The van der Waals surface area contributed by atoms with Crippen LogP contribution in [0.25, 0.3) is 11.3 Å². The predicted molar refractivity (Wildman–Crippen MR) is 99.1 cm³/mol. The maximum atomic E-state index is 13.7. The van der Waals surface area contributed by atoms with Crippen molar-refractivity contribution in [2.75, 3.05) is 0 Å². The third-order valence-electron chi connectivity index (χ3n) is 4.07. The quantitative estimate of drug-likeness (QED) is 0.664. The molecule has 1 heterocycles. The highest BCUT2D eigenvalue weighted by molar-refractivity contribution is 6.05. The van der Waals surface area contributed by atoms with Crippen LogP contribution in [-0.4, -0.2) is 22.5 Å². The highest BCUT2D eigenvalue weighted by Gasteiger charge is 2.46. The van der Waals surface area contributed by atoms with Crippen LogP contribution in [0.2, 0.25) is 0 Å². The summed E-state index contributed by atoms with van der Waals surface area (Å²) in [6, 6.07) is 18.3. The van der Waals surface area contributed by atoms with Crippen molar-refractivity contribution in [2.24, 2.45) is 4.99 Å². The Bertz CT molecular complexity index is 829. The largest absolute Gasteiger partial charge is 0.449 e. The summed E-state index contributed by atoms with van der Waals surface area (Å²) in [5.74, 6) is -0.900. The number of halogens is 3. The van der Waals surface area contributed by atoms with Crippen molar-refractivity contribution >= 4 is 17.1 Å². The number of rotatable bonds is 2. The molecule has 26 heavy (non-hydrogen) atoms. The van der Waals surface area contributed by atoms with E-state index in [0.29, 0.717) is 16.8 Å². The van der Waals surface area contributed by atoms with Crippen LogP contribution in [0.15, 0.2) is 65.7 Å². The Kier molecular flexibility index (Phi) is 4.65. The zero-order valence-corrected chi connectivity index (χ0v) is 14.9. The summed E-state index contributed by atoms with van der Waals surface area (Å²) in [5, 5.41) is 0. The number of benzene rings is 2. The average Bonchev–Trinajstić information content (AvgIpc) is 2.60. The van der Waals surface area contributed by atoms with Crippen molar-refractivity contribution in [2.45, 2.75) is 32.5 Å². The lowest BCUT2D eigenvalue weighted by atomic mass is 9.94. The fourth-order valence-corrected chi connectivity index (χ4v) is 2.83. The van der Waals surface area contributed by atoms with Gasteiger partial charge in [-0.2, -0.15) is 13.2 Å². The van der Waals surface area contributed by atoms with Crippen molar-refractivity contribution in [3.8, 4) is 0 Å². The van der Waals surface area contributed by atoms with E-state index >= 15 is 0 Å². The zero-order valence-electron chi connectivity index (χ0n) is 14.9. The van der Waals surface area contributed by atoms with E-state index in [2.05, 4.69) is 4.99 Å². The molecule has 135 valence electrons. The number of aliphatic imine (C=N–C) groups is 1. The van der Waals surface area contributed by atoms with E-state index in [0.717, 1.165) is 5.56 Å². The Morgan fingerprint density at radius 2 is 1.27 bits per heavy atom. The van der Waals surface area contributed by atoms with Crippen molar-refractivity contribution in [3.05, 3.63) is 78.3 Å². The van der Waals surface area contributed by atoms with Crippen LogP contribution < -0.4 is 0 Å². The molecule has 0 N–H and O–H groups in total. The maximum absolute atomic E-state index is 13.7. The first kappa shape index (κ1) is 18.2. The second kappa shape index (κ2) is 6.63. The van der Waals surface area contributed by atoms with Crippen molar-refractivity contribution < 1.29 is 13.2 Å². The molecule has 1 radical (unpaired) electrons. The van der Waals surface area contributed by atoms with Crippen molar-refractivity contribution in [1.29, 1.82) is 0 Å². The fraction of sp³-hybridized carbons (Fsp3) is 0.238. The second-order valence-corrected chi connectivity index (χ2v) is 7.10. The highest BCUT2D eigenvalue weighted by Crippen LogP contribution is 2.40. The smallest absolute Gasteiger partial charge is 0.338 e. The maximum Gasteiger partial charge on any atom is 0.449 e. The molecule has 0 unspecified atom stereocenters. The number of alkyl halides is 3. The van der Waals surface area contributed by atoms with Crippen LogP contribution in [0.4, 0.5) is 13.2 Å². The van der Waals surface area contributed by atoms with Crippen LogP contribution in [0, 0.1) is 6.54 Å². The Balaban J connectivity index is 2.26. The predicted octanol–water partition coefficient (Wildman–Crippen LogP) is 5.79. The van der Waals surface area contributed by atoms with Gasteiger partial charge in [-0.3, -0.25) is 0 Å². The van der Waals surface area contributed by atoms with Gasteiger partial charge in [0, 0.05) is 16.7 Å². The molecule has 1 aliphatic heterocycles. The normalized spacial score (nSPS) is 15.9. The molecule has 0 aromatic heterocycles. The molecule has 0 atom stereocenters. The van der Waals surface area contributed by atoms with Gasteiger partial charge in [-0.15, -0.1) is 0 Å². The number of hydrogen-bond acceptors (Lipinski definition) is 2. The molecule has 0 amide bonds. The van der Waals surface area contributed by atoms with Gasteiger partial charge in [0.15, 0.2) is 0 Å². The third-order valence-corrected chi connectivity index (χ3v) is 4.07. The third kappa shape index (κ3) is 3.66. The molecular formula is C21H20F3N2. The molecule has 5 heteroatoms. The fourth-order valence-electron chi connectivity index (χ4n) is 2.83. The molecule has 0 aliphatic carbocycles. The summed E-state index contributed by atoms with van der Waals surface area (Å²) in [6.45, 7) is 6.77. The average molecular weight is 357 g/mol. The van der Waals surface area contributed by atoms with Gasteiger partial charge in [-0.25, -0.2) is 4.99 Å². The first-order chi connectivity index (χ1) is 12.2. The molecule has 0 saturated heterocycles. The Hall–Kier alpha value is -2.56. The first-order valence-corrected chi connectivity index (χ1v) is 8.33. The molecular weight excluding hydrogens is 337 g/mol. The van der Waals surface area contributed by atoms with Crippen molar-refractivity contribution in [3.63, 3.8) is 0 Å². The SMILES string of the molecule is CC(C)(C)N1[CH]C(c2ccccc2)=C(c2ccccc2)N=C1C(F)(F)F. The Labute approximate surface area is 151 Å². The topological polar surface area (TPSA) is 15.6 Å². The summed E-state index contributed by atoms with van der Waals surface area (Å²) in [4.78, 5) is 5.31. The van der Waals surface area contributed by atoms with Gasteiger partial charge >= 0.3 is 6.18 Å². The second-order valence-electron chi connectivity index (χ2n) is 7.10. The molecule has 0 fully saturated rings. The van der Waals surface area contributed by atoms with Gasteiger partial charge in [0.2, 0.25) is 5.84 Å². The van der Waals surface area contributed by atoms with E-state index in [9.17, 15) is 13.2 Å². The standard InChI is InChI=1S/C21H20F3N2/c1-20(2,3)26-14-17(15-10-6-4-7-11-15)18(16-12-8-5-9-13-16)25-19(26)21(22,23)24/h4-14H,1-3H3. The summed E-state index contributed by atoms with van der Waals surface area (Å²) in [7, 11) is 0. The molecule has 2 aromatic rings. The van der Waals surface area contributed by atoms with Crippen LogP contribution >= 0.6 is 0 Å². The monoisotopic (exact) mass is 357 g/mol. The number of hydrogen-bond donors (Lipinski definition) is 0. The van der Waals surface area contributed by atoms with Gasteiger partial charge in [-0.05, 0) is 26.3 Å². The molecule has 0 saturated carbocycles. The Morgan fingerprint density at radius 1 is 0.769 bits per heavy atom. The minimum absolute atomic E-state index is 0.324. The molecule has 0 bridgehead atoms. The van der Waals surface area contributed by atoms with Gasteiger partial charge in [0.25, 0.3) is 0 Å². The lowest BCUT2D eigenvalue weighted by Crippen LogP contribution is -2.51. The summed E-state index contributed by atoms with van der Waals surface area (Å²) >= 11 is 0. The number of amidine groups is 1. The summed E-state index contributed by atoms with van der Waals surface area (Å²) in [6.07, 6.45) is -4.55. The van der Waals surface area contributed by atoms with Gasteiger partial charge in [0.1, 0.15) is 0 Å². The lowest BCUT2D eigenvalue weighted by molar-refractivity contribution is -0.0709. The van der Waals surface area contributed by atoms with Crippen LogP contribution in [0.3, 0.4) is 0 Å². The van der Waals surface area contributed by atoms with E-state index in [1.54, 1.807) is 51.6 Å². The molecule has 0 spiro atoms. The summed E-state index contributed by atoms with van der Waals surface area (Å²) < 4.78 is 41.2. The Morgan fingerprint density at radius 3 is 1.73 bits per heavy atom. The highest BCUT2D eigenvalue weighted by atomic mass is 19.4. The number of nitrogens with zero attached hydrogens (tertiary/aromatic N) is 2. The van der Waals surface area contributed by atoms with Gasteiger partial charge in [0.05, 0.1) is 12.2 Å². The molecule has 1 aliphatic rings. The summed E-state index contributed by atoms with van der Waals surface area (Å²) in [5.41, 5.74) is 1.70. The first-order valence-electron chi connectivity index (χ1n) is 8.33. The van der Waals surface area contributed by atoms with E-state index in [4.69, 9.17) is 0 Å². The zero-order chi connectivity index (χ0) is 18.9. The van der Waals surface area contributed by atoms with Gasteiger partial charge in [-0.1, -0.05) is 60.7 Å². The van der Waals surface area contributed by atoms with Crippen LogP contribution in [0.5, 0.6) is 0 Å². The lowest BCUT2D eigenvalue weighted by Gasteiger charge is -2.41. The van der Waals surface area contributed by atoms with Crippen LogP contribution in [0.1, 0.15) is 31.9 Å². The molecule has 2 nitrogen and oxygen atoms in total. The van der Waals surface area contributed by atoms with E-state index in [1.165, 1.54) is 4.90 Å². The van der Waals surface area contributed by atoms with Crippen molar-refractivity contribution in [1.82, 2.24) is 4.90 Å². The molecule has 2 aromatic carbocycles. The van der Waals surface area contributed by atoms with Crippen LogP contribution in [-0.2, 0) is 0 Å².